The molecule has 1 aliphatic carbocycles. The maximum absolute atomic E-state index is 12.1. The number of hydrogen-bond donors (Lipinski definition) is 0. The summed E-state index contributed by atoms with van der Waals surface area (Å²) in [7, 11) is 0. The monoisotopic (exact) mass is 144 g/mol. The third-order valence-electron chi connectivity index (χ3n) is 2.76. The summed E-state index contributed by atoms with van der Waals surface area (Å²) in [5.41, 5.74) is 0. The topological polar surface area (TPSA) is 0 Å². The van der Waals surface area contributed by atoms with Crippen molar-refractivity contribution in [3.63, 3.8) is 0 Å². The van der Waals surface area contributed by atoms with E-state index in [4.69, 9.17) is 0 Å². The van der Waals surface area contributed by atoms with Crippen molar-refractivity contribution < 1.29 is 4.39 Å². The molecule has 10 heavy (non-hydrogen) atoms. The van der Waals surface area contributed by atoms with Crippen LogP contribution in [0.5, 0.6) is 0 Å². The van der Waals surface area contributed by atoms with Crippen molar-refractivity contribution in [3.05, 3.63) is 0 Å². The number of hydrogen-bond acceptors (Lipinski definition) is 0. The molecule has 1 aliphatic rings. The second-order valence-corrected chi connectivity index (χ2v) is 3.45. The lowest BCUT2D eigenvalue weighted by molar-refractivity contribution is 0.228. The summed E-state index contributed by atoms with van der Waals surface area (Å²) in [6, 6.07) is 0. The first-order chi connectivity index (χ1) is 4.86. The Morgan fingerprint density at radius 2 is 1.60 bits per heavy atom. The first-order valence-electron chi connectivity index (χ1n) is 4.42. The molecular weight excluding hydrogens is 127 g/mol. The van der Waals surface area contributed by atoms with E-state index in [9.17, 15) is 4.39 Å². The van der Waals surface area contributed by atoms with E-state index in [0.29, 0.717) is 5.92 Å². The summed E-state index contributed by atoms with van der Waals surface area (Å²) >= 11 is 0. The Kier molecular flexibility index (Phi) is 3.17. The van der Waals surface area contributed by atoms with Gasteiger partial charge in [0, 0.05) is 0 Å². The fourth-order valence-electron chi connectivity index (χ4n) is 1.79. The number of halogens is 1. The van der Waals surface area contributed by atoms with Gasteiger partial charge in [0.2, 0.25) is 0 Å². The van der Waals surface area contributed by atoms with Crippen molar-refractivity contribution in [2.24, 2.45) is 11.8 Å². The first-order valence-corrected chi connectivity index (χ1v) is 4.42. The highest BCUT2D eigenvalue weighted by atomic mass is 19.1. The predicted octanol–water partition coefficient (Wildman–Crippen LogP) is 3.17. The standard InChI is InChI=1S/C9H17F/c1-2-8-3-5-9(7-10)6-4-8/h8-9H,2-7H2,1H3. The molecule has 0 heterocycles. The molecule has 0 saturated heterocycles. The van der Waals surface area contributed by atoms with Crippen LogP contribution in [0.1, 0.15) is 39.0 Å². The van der Waals surface area contributed by atoms with Gasteiger partial charge in [-0.05, 0) is 24.7 Å². The average Bonchev–Trinajstić information content (AvgIpc) is 2.05. The van der Waals surface area contributed by atoms with E-state index in [-0.39, 0.29) is 6.67 Å². The molecule has 1 saturated carbocycles. The zero-order chi connectivity index (χ0) is 7.40. The zero-order valence-electron chi connectivity index (χ0n) is 6.78. The van der Waals surface area contributed by atoms with Crippen molar-refractivity contribution in [3.8, 4) is 0 Å². The van der Waals surface area contributed by atoms with Crippen LogP contribution in [0.25, 0.3) is 0 Å². The third kappa shape index (κ3) is 1.96. The highest BCUT2D eigenvalue weighted by Crippen LogP contribution is 2.30. The molecule has 0 nitrogen and oxygen atoms in total. The number of rotatable bonds is 2. The van der Waals surface area contributed by atoms with Gasteiger partial charge in [0.05, 0.1) is 6.67 Å². The van der Waals surface area contributed by atoms with Crippen LogP contribution in [-0.2, 0) is 0 Å². The molecule has 0 spiro atoms. The molecule has 0 radical (unpaired) electrons. The van der Waals surface area contributed by atoms with Crippen molar-refractivity contribution in [2.45, 2.75) is 39.0 Å². The molecule has 60 valence electrons. The Morgan fingerprint density at radius 3 is 2.00 bits per heavy atom. The van der Waals surface area contributed by atoms with E-state index >= 15 is 0 Å². The van der Waals surface area contributed by atoms with Gasteiger partial charge in [-0.1, -0.05) is 26.2 Å². The summed E-state index contributed by atoms with van der Waals surface area (Å²) in [5.74, 6) is 1.31. The summed E-state index contributed by atoms with van der Waals surface area (Å²) < 4.78 is 12.1. The van der Waals surface area contributed by atoms with Gasteiger partial charge in [0.25, 0.3) is 0 Å². The summed E-state index contributed by atoms with van der Waals surface area (Å²) in [4.78, 5) is 0. The minimum Gasteiger partial charge on any atom is -0.251 e. The van der Waals surface area contributed by atoms with E-state index in [2.05, 4.69) is 6.92 Å². The van der Waals surface area contributed by atoms with Gasteiger partial charge in [-0.3, -0.25) is 4.39 Å². The second-order valence-electron chi connectivity index (χ2n) is 3.45. The molecule has 1 rings (SSSR count). The van der Waals surface area contributed by atoms with Crippen molar-refractivity contribution in [1.82, 2.24) is 0 Å². The van der Waals surface area contributed by atoms with E-state index < -0.39 is 0 Å². The van der Waals surface area contributed by atoms with Crippen molar-refractivity contribution in [2.75, 3.05) is 6.67 Å². The van der Waals surface area contributed by atoms with Crippen LogP contribution in [0.3, 0.4) is 0 Å². The van der Waals surface area contributed by atoms with E-state index in [1.165, 1.54) is 19.3 Å². The number of alkyl halides is 1. The largest absolute Gasteiger partial charge is 0.251 e. The van der Waals surface area contributed by atoms with Gasteiger partial charge in [0.1, 0.15) is 0 Å². The summed E-state index contributed by atoms with van der Waals surface area (Å²) in [6.07, 6.45) is 6.10. The Labute approximate surface area is 62.8 Å². The smallest absolute Gasteiger partial charge is 0.0922 e. The van der Waals surface area contributed by atoms with Crippen LogP contribution in [0.15, 0.2) is 0 Å². The van der Waals surface area contributed by atoms with Gasteiger partial charge in [-0.25, -0.2) is 0 Å². The normalized spacial score (nSPS) is 34.2. The lowest BCUT2D eigenvalue weighted by Gasteiger charge is -2.25. The maximum Gasteiger partial charge on any atom is 0.0922 e. The fraction of sp³-hybridized carbons (Fsp3) is 1.00. The molecular formula is C9H17F. The lowest BCUT2D eigenvalue weighted by atomic mass is 9.81. The van der Waals surface area contributed by atoms with Crippen LogP contribution in [0.2, 0.25) is 0 Å². The minimum absolute atomic E-state index is 0.0869. The fourth-order valence-corrected chi connectivity index (χ4v) is 1.79. The minimum atomic E-state index is -0.0869. The van der Waals surface area contributed by atoms with Crippen LogP contribution >= 0.6 is 0 Å². The Hall–Kier alpha value is -0.0700. The Morgan fingerprint density at radius 1 is 1.10 bits per heavy atom. The van der Waals surface area contributed by atoms with Gasteiger partial charge in [0.15, 0.2) is 0 Å². The molecule has 0 amide bonds. The molecule has 0 unspecified atom stereocenters. The van der Waals surface area contributed by atoms with Gasteiger partial charge in [-0.2, -0.15) is 0 Å². The molecule has 1 fully saturated rings. The van der Waals surface area contributed by atoms with Gasteiger partial charge in [-0.15, -0.1) is 0 Å². The molecule has 0 aromatic heterocycles. The van der Waals surface area contributed by atoms with Crippen LogP contribution in [0.4, 0.5) is 4.39 Å². The SMILES string of the molecule is CCC1CCC(CF)CC1. The Bertz CT molecular complexity index is 70.7. The van der Waals surface area contributed by atoms with Crippen molar-refractivity contribution in [1.29, 1.82) is 0 Å². The molecule has 0 N–H and O–H groups in total. The van der Waals surface area contributed by atoms with E-state index in [1.54, 1.807) is 0 Å². The lowest BCUT2D eigenvalue weighted by Crippen LogP contribution is -2.14. The van der Waals surface area contributed by atoms with Gasteiger partial charge >= 0.3 is 0 Å². The van der Waals surface area contributed by atoms with Crippen LogP contribution in [-0.4, -0.2) is 6.67 Å². The van der Waals surface area contributed by atoms with Crippen molar-refractivity contribution >= 4 is 0 Å². The molecule has 0 aromatic carbocycles. The maximum atomic E-state index is 12.1. The molecule has 0 aliphatic heterocycles. The summed E-state index contributed by atoms with van der Waals surface area (Å²) in [6.45, 7) is 2.15. The average molecular weight is 144 g/mol. The van der Waals surface area contributed by atoms with E-state index in [1.807, 2.05) is 0 Å². The molecule has 1 heteroatoms. The highest BCUT2D eigenvalue weighted by molar-refractivity contribution is 4.70. The summed E-state index contributed by atoms with van der Waals surface area (Å²) in [5, 5.41) is 0. The highest BCUT2D eigenvalue weighted by Gasteiger charge is 2.19. The first kappa shape index (κ1) is 8.03. The molecule has 0 bridgehead atoms. The van der Waals surface area contributed by atoms with E-state index in [0.717, 1.165) is 18.8 Å². The third-order valence-corrected chi connectivity index (χ3v) is 2.76. The predicted molar refractivity (Wildman–Crippen MR) is 41.7 cm³/mol. The quantitative estimate of drug-likeness (QED) is 0.558. The molecule has 0 atom stereocenters. The Balaban J connectivity index is 2.17. The molecule has 0 aromatic rings. The second kappa shape index (κ2) is 3.95. The zero-order valence-corrected chi connectivity index (χ0v) is 6.78. The van der Waals surface area contributed by atoms with Crippen LogP contribution < -0.4 is 0 Å². The van der Waals surface area contributed by atoms with Gasteiger partial charge < -0.3 is 0 Å². The van der Waals surface area contributed by atoms with Crippen LogP contribution in [0, 0.1) is 11.8 Å².